The summed E-state index contributed by atoms with van der Waals surface area (Å²) in [5, 5.41) is 4.27. The first-order chi connectivity index (χ1) is 11.2. The first kappa shape index (κ1) is 14.5. The fourth-order valence-corrected chi connectivity index (χ4v) is 3.97. The summed E-state index contributed by atoms with van der Waals surface area (Å²) in [5.41, 5.74) is 1.16. The average Bonchev–Trinajstić information content (AvgIpc) is 3.22. The third-order valence-electron chi connectivity index (χ3n) is 5.31. The van der Waals surface area contributed by atoms with E-state index in [2.05, 4.69) is 5.10 Å². The topological polar surface area (TPSA) is 67.7 Å². The van der Waals surface area contributed by atoms with Crippen molar-refractivity contribution in [2.45, 2.75) is 38.3 Å². The van der Waals surface area contributed by atoms with Gasteiger partial charge in [-0.2, -0.15) is 5.10 Å². The predicted octanol–water partition coefficient (Wildman–Crippen LogP) is 0.889. The van der Waals surface area contributed by atoms with Gasteiger partial charge in [0.25, 0.3) is 0 Å². The number of hydrogen-bond donors (Lipinski definition) is 0. The number of likely N-dealkylation sites (tertiary alicyclic amines) is 1. The molecule has 2 amide bonds. The second-order valence-electron chi connectivity index (χ2n) is 6.60. The van der Waals surface area contributed by atoms with Crippen molar-refractivity contribution < 1.29 is 14.3 Å². The highest BCUT2D eigenvalue weighted by Gasteiger charge is 2.35. The normalized spacial score (nSPS) is 25.4. The second kappa shape index (κ2) is 5.86. The van der Waals surface area contributed by atoms with E-state index in [0.29, 0.717) is 13.2 Å². The van der Waals surface area contributed by atoms with Crippen LogP contribution in [-0.4, -0.2) is 63.9 Å². The fraction of sp³-hybridized carbons (Fsp3) is 0.688. The monoisotopic (exact) mass is 318 g/mol. The molecule has 0 saturated carbocycles. The molecule has 0 N–H and O–H groups in total. The number of nitrogens with zero attached hydrogens (tertiary/aromatic N) is 4. The molecule has 3 aliphatic heterocycles. The van der Waals surface area contributed by atoms with Gasteiger partial charge in [0.05, 0.1) is 6.54 Å². The van der Waals surface area contributed by atoms with Gasteiger partial charge in [0.1, 0.15) is 6.61 Å². The van der Waals surface area contributed by atoms with Crippen LogP contribution in [0, 0.1) is 5.92 Å². The second-order valence-corrected chi connectivity index (χ2v) is 6.60. The highest BCUT2D eigenvalue weighted by atomic mass is 16.6. The molecule has 3 aliphatic rings. The molecule has 4 rings (SSSR count). The van der Waals surface area contributed by atoms with Crippen LogP contribution in [-0.2, 0) is 22.5 Å². The number of cyclic esters (lactones) is 1. The SMILES string of the molecule is O=C(C1CCn2nccc2C1)N1CCC(N2CCOC2=O)CC1. The Morgan fingerprint density at radius 1 is 1.17 bits per heavy atom. The molecule has 124 valence electrons. The maximum absolute atomic E-state index is 12.8. The number of aryl methyl sites for hydroxylation is 1. The van der Waals surface area contributed by atoms with Gasteiger partial charge in [0, 0.05) is 49.9 Å². The summed E-state index contributed by atoms with van der Waals surface area (Å²) in [7, 11) is 0. The van der Waals surface area contributed by atoms with E-state index in [1.54, 1.807) is 0 Å². The molecule has 7 nitrogen and oxygen atoms in total. The van der Waals surface area contributed by atoms with Gasteiger partial charge in [-0.3, -0.25) is 9.48 Å². The molecule has 0 aromatic carbocycles. The lowest BCUT2D eigenvalue weighted by Crippen LogP contribution is -2.49. The number of fused-ring (bicyclic) bond motifs is 1. The van der Waals surface area contributed by atoms with E-state index in [9.17, 15) is 9.59 Å². The van der Waals surface area contributed by atoms with Crippen LogP contribution >= 0.6 is 0 Å². The van der Waals surface area contributed by atoms with Crippen LogP contribution in [0.2, 0.25) is 0 Å². The number of rotatable bonds is 2. The number of carbonyl (C=O) groups excluding carboxylic acids is 2. The zero-order chi connectivity index (χ0) is 15.8. The van der Waals surface area contributed by atoms with Gasteiger partial charge in [-0.15, -0.1) is 0 Å². The van der Waals surface area contributed by atoms with Crippen molar-refractivity contribution in [1.82, 2.24) is 19.6 Å². The molecule has 2 fully saturated rings. The van der Waals surface area contributed by atoms with Crippen molar-refractivity contribution in [2.24, 2.45) is 5.92 Å². The molecule has 0 bridgehead atoms. The molecule has 0 radical (unpaired) electrons. The summed E-state index contributed by atoms with van der Waals surface area (Å²) in [4.78, 5) is 28.2. The van der Waals surface area contributed by atoms with Crippen LogP contribution in [0.15, 0.2) is 12.3 Å². The van der Waals surface area contributed by atoms with Gasteiger partial charge in [-0.25, -0.2) is 4.79 Å². The van der Waals surface area contributed by atoms with Crippen LogP contribution in [0.3, 0.4) is 0 Å². The summed E-state index contributed by atoms with van der Waals surface area (Å²) >= 11 is 0. The van der Waals surface area contributed by atoms with Crippen LogP contribution in [0.1, 0.15) is 25.0 Å². The predicted molar refractivity (Wildman–Crippen MR) is 81.7 cm³/mol. The van der Waals surface area contributed by atoms with Gasteiger partial charge in [-0.1, -0.05) is 0 Å². The van der Waals surface area contributed by atoms with Crippen LogP contribution in [0.5, 0.6) is 0 Å². The Kier molecular flexibility index (Phi) is 3.71. The first-order valence-electron chi connectivity index (χ1n) is 8.45. The van der Waals surface area contributed by atoms with Crippen molar-refractivity contribution in [3.8, 4) is 0 Å². The summed E-state index contributed by atoms with van der Waals surface area (Å²) in [6.07, 6.45) is 4.97. The number of hydrogen-bond acceptors (Lipinski definition) is 4. The van der Waals surface area contributed by atoms with E-state index in [-0.39, 0.29) is 24.0 Å². The van der Waals surface area contributed by atoms with Gasteiger partial charge in [0.15, 0.2) is 0 Å². The zero-order valence-electron chi connectivity index (χ0n) is 13.2. The minimum Gasteiger partial charge on any atom is -0.448 e. The Bertz CT molecular complexity index is 606. The molecule has 1 atom stereocenters. The lowest BCUT2D eigenvalue weighted by Gasteiger charge is -2.37. The molecular weight excluding hydrogens is 296 g/mol. The molecule has 1 aromatic rings. The maximum Gasteiger partial charge on any atom is 0.410 e. The molecule has 23 heavy (non-hydrogen) atoms. The van der Waals surface area contributed by atoms with E-state index >= 15 is 0 Å². The summed E-state index contributed by atoms with van der Waals surface area (Å²) in [5.74, 6) is 0.340. The van der Waals surface area contributed by atoms with E-state index in [4.69, 9.17) is 4.74 Å². The smallest absolute Gasteiger partial charge is 0.410 e. The number of amides is 2. The summed E-state index contributed by atoms with van der Waals surface area (Å²) in [6.45, 7) is 3.48. The molecule has 7 heteroatoms. The lowest BCUT2D eigenvalue weighted by molar-refractivity contribution is -0.137. The maximum atomic E-state index is 12.8. The number of piperidine rings is 1. The van der Waals surface area contributed by atoms with E-state index in [1.165, 1.54) is 0 Å². The van der Waals surface area contributed by atoms with Crippen molar-refractivity contribution in [1.29, 1.82) is 0 Å². The van der Waals surface area contributed by atoms with E-state index in [1.807, 2.05) is 26.7 Å². The van der Waals surface area contributed by atoms with Gasteiger partial charge in [0.2, 0.25) is 5.91 Å². The van der Waals surface area contributed by atoms with Crippen molar-refractivity contribution in [3.63, 3.8) is 0 Å². The number of ether oxygens (including phenoxy) is 1. The Labute approximate surface area is 135 Å². The molecule has 0 aliphatic carbocycles. The van der Waals surface area contributed by atoms with Crippen molar-refractivity contribution >= 4 is 12.0 Å². The molecule has 2 saturated heterocycles. The van der Waals surface area contributed by atoms with Gasteiger partial charge >= 0.3 is 6.09 Å². The largest absolute Gasteiger partial charge is 0.448 e. The van der Waals surface area contributed by atoms with Crippen molar-refractivity contribution in [2.75, 3.05) is 26.2 Å². The number of carbonyl (C=O) groups is 2. The third kappa shape index (κ3) is 2.68. The van der Waals surface area contributed by atoms with Crippen LogP contribution < -0.4 is 0 Å². The Morgan fingerprint density at radius 3 is 2.74 bits per heavy atom. The third-order valence-corrected chi connectivity index (χ3v) is 5.31. The van der Waals surface area contributed by atoms with E-state index in [0.717, 1.165) is 51.0 Å². The van der Waals surface area contributed by atoms with Crippen LogP contribution in [0.4, 0.5) is 4.79 Å². The molecular formula is C16H22N4O3. The highest BCUT2D eigenvalue weighted by Crippen LogP contribution is 2.25. The number of aromatic nitrogens is 2. The molecule has 1 unspecified atom stereocenters. The quantitative estimate of drug-likeness (QED) is 0.812. The molecule has 4 heterocycles. The highest BCUT2D eigenvalue weighted by molar-refractivity contribution is 5.79. The first-order valence-corrected chi connectivity index (χ1v) is 8.45. The van der Waals surface area contributed by atoms with Gasteiger partial charge in [-0.05, 0) is 25.3 Å². The fourth-order valence-electron chi connectivity index (χ4n) is 3.97. The Balaban J connectivity index is 1.33. The van der Waals surface area contributed by atoms with Crippen LogP contribution in [0.25, 0.3) is 0 Å². The summed E-state index contributed by atoms with van der Waals surface area (Å²) < 4.78 is 7.01. The summed E-state index contributed by atoms with van der Waals surface area (Å²) in [6, 6.07) is 2.23. The van der Waals surface area contributed by atoms with Crippen molar-refractivity contribution in [3.05, 3.63) is 18.0 Å². The van der Waals surface area contributed by atoms with E-state index < -0.39 is 0 Å². The average molecular weight is 318 g/mol. The molecule has 1 aromatic heterocycles. The Morgan fingerprint density at radius 2 is 2.00 bits per heavy atom. The lowest BCUT2D eigenvalue weighted by atomic mass is 9.93. The van der Waals surface area contributed by atoms with Gasteiger partial charge < -0.3 is 14.5 Å². The molecule has 0 spiro atoms. The standard InChI is InChI=1S/C16H22N4O3/c21-15(12-2-8-20-14(11-12)1-5-17-20)18-6-3-13(4-7-18)19-9-10-23-16(19)22/h1,5,12-13H,2-4,6-11H2. The minimum absolute atomic E-state index is 0.0764. The zero-order valence-corrected chi connectivity index (χ0v) is 13.2. The Hall–Kier alpha value is -2.05. The minimum atomic E-state index is -0.199.